The number of carbonyl (C=O) groups excluding carboxylic acids is 2. The molecule has 0 N–H and O–H groups in total. The van der Waals surface area contributed by atoms with Gasteiger partial charge in [-0.2, -0.15) is 0 Å². The van der Waals surface area contributed by atoms with Gasteiger partial charge in [-0.05, 0) is 56.2 Å². The van der Waals surface area contributed by atoms with Gasteiger partial charge in [0.1, 0.15) is 11.4 Å². The average Bonchev–Trinajstić information content (AvgIpc) is 2.71. The second-order valence-corrected chi connectivity index (χ2v) is 7.80. The molecule has 2 aliphatic heterocycles. The van der Waals surface area contributed by atoms with E-state index in [1.54, 1.807) is 19.1 Å². The van der Waals surface area contributed by atoms with Gasteiger partial charge < -0.3 is 14.4 Å². The number of anilines is 1. The predicted molar refractivity (Wildman–Crippen MR) is 108 cm³/mol. The first-order chi connectivity index (χ1) is 13.9. The largest absolute Gasteiger partial charge is 0.486 e. The van der Waals surface area contributed by atoms with Crippen LogP contribution in [0.3, 0.4) is 0 Å². The second kappa shape index (κ2) is 7.46. The van der Waals surface area contributed by atoms with Crippen LogP contribution in [0.1, 0.15) is 58.2 Å². The minimum absolute atomic E-state index is 0.154. The number of esters is 1. The molecule has 1 spiro atoms. The molecule has 4 rings (SSSR count). The number of hydrogen-bond acceptors (Lipinski definition) is 7. The van der Waals surface area contributed by atoms with Crippen LogP contribution in [0, 0.1) is 13.8 Å². The Morgan fingerprint density at radius 3 is 2.55 bits per heavy atom. The van der Waals surface area contributed by atoms with E-state index in [1.807, 2.05) is 26.0 Å². The molecule has 0 saturated carbocycles. The number of fused-ring (bicyclic) bond motifs is 1. The Balaban J connectivity index is 1.46. The summed E-state index contributed by atoms with van der Waals surface area (Å²) in [5, 5.41) is 8.16. The molecule has 7 heteroatoms. The summed E-state index contributed by atoms with van der Waals surface area (Å²) in [6, 6.07) is 7.34. The Bertz CT molecular complexity index is 947. The molecule has 0 unspecified atom stereocenters. The smallest absolute Gasteiger partial charge is 0.358 e. The normalized spacial score (nSPS) is 17.6. The lowest BCUT2D eigenvalue weighted by Crippen LogP contribution is -2.51. The van der Waals surface area contributed by atoms with Crippen LogP contribution in [0.15, 0.2) is 24.3 Å². The first-order valence-electron chi connectivity index (χ1n) is 10.00. The number of ether oxygens (including phenoxy) is 2. The topological polar surface area (TPSA) is 81.6 Å². The SMILES string of the molecule is CCOC(=O)c1ccc(N2CCC3(CC2)CC(=O)c2cc(C)c(C)cc2O3)nn1. The van der Waals surface area contributed by atoms with Crippen LogP contribution < -0.4 is 9.64 Å². The summed E-state index contributed by atoms with van der Waals surface area (Å²) in [4.78, 5) is 26.6. The van der Waals surface area contributed by atoms with Gasteiger partial charge >= 0.3 is 5.97 Å². The van der Waals surface area contributed by atoms with Crippen LogP contribution >= 0.6 is 0 Å². The van der Waals surface area contributed by atoms with Gasteiger partial charge in [0, 0.05) is 25.9 Å². The third-order valence-electron chi connectivity index (χ3n) is 5.84. The molecule has 0 amide bonds. The van der Waals surface area contributed by atoms with E-state index < -0.39 is 11.6 Å². The molecule has 0 radical (unpaired) electrons. The van der Waals surface area contributed by atoms with Crippen molar-refractivity contribution in [3.05, 3.63) is 46.6 Å². The summed E-state index contributed by atoms with van der Waals surface area (Å²) in [5.41, 5.74) is 2.68. The van der Waals surface area contributed by atoms with Gasteiger partial charge in [0.05, 0.1) is 18.6 Å². The molecule has 0 aliphatic carbocycles. The lowest BCUT2D eigenvalue weighted by molar-refractivity contribution is 0.0230. The Hall–Kier alpha value is -2.96. The molecule has 3 heterocycles. The Labute approximate surface area is 170 Å². The lowest BCUT2D eigenvalue weighted by Gasteiger charge is -2.44. The maximum atomic E-state index is 12.8. The van der Waals surface area contributed by atoms with Gasteiger partial charge in [-0.1, -0.05) is 0 Å². The number of aromatic nitrogens is 2. The summed E-state index contributed by atoms with van der Waals surface area (Å²) in [6.45, 7) is 7.52. The van der Waals surface area contributed by atoms with Crippen molar-refractivity contribution < 1.29 is 19.1 Å². The molecule has 0 atom stereocenters. The highest BCUT2D eigenvalue weighted by Crippen LogP contribution is 2.40. The van der Waals surface area contributed by atoms with Crippen molar-refractivity contribution in [2.24, 2.45) is 0 Å². The third kappa shape index (κ3) is 3.69. The number of ketones is 1. The molecule has 1 aromatic heterocycles. The quantitative estimate of drug-likeness (QED) is 0.738. The van der Waals surface area contributed by atoms with Crippen LogP contribution in [0.2, 0.25) is 0 Å². The molecule has 29 heavy (non-hydrogen) atoms. The van der Waals surface area contributed by atoms with Crippen molar-refractivity contribution in [3.8, 4) is 5.75 Å². The summed E-state index contributed by atoms with van der Waals surface area (Å²) < 4.78 is 11.3. The summed E-state index contributed by atoms with van der Waals surface area (Å²) >= 11 is 0. The van der Waals surface area contributed by atoms with Gasteiger partial charge in [-0.3, -0.25) is 4.79 Å². The molecule has 1 saturated heterocycles. The number of Topliss-reactive ketones (excluding diaryl/α,β-unsaturated/α-hetero) is 1. The van der Waals surface area contributed by atoms with Crippen LogP contribution in [0.25, 0.3) is 0 Å². The standard InChI is InChI=1S/C22H25N3O4/c1-4-28-21(27)17-5-6-20(24-23-17)25-9-7-22(8-10-25)13-18(26)16-11-14(2)15(3)12-19(16)29-22/h5-6,11-12H,4,7-10,13H2,1-3H3. The minimum atomic E-state index is -0.470. The highest BCUT2D eigenvalue weighted by Gasteiger charge is 2.43. The van der Waals surface area contributed by atoms with Crippen LogP contribution in [-0.4, -0.2) is 47.2 Å². The lowest BCUT2D eigenvalue weighted by atomic mass is 9.82. The third-order valence-corrected chi connectivity index (χ3v) is 5.84. The van der Waals surface area contributed by atoms with E-state index in [4.69, 9.17) is 9.47 Å². The van der Waals surface area contributed by atoms with E-state index in [-0.39, 0.29) is 11.5 Å². The highest BCUT2D eigenvalue weighted by atomic mass is 16.5. The van der Waals surface area contributed by atoms with Gasteiger partial charge in [0.2, 0.25) is 0 Å². The van der Waals surface area contributed by atoms with E-state index in [2.05, 4.69) is 15.1 Å². The van der Waals surface area contributed by atoms with Crippen molar-refractivity contribution in [1.29, 1.82) is 0 Å². The van der Waals surface area contributed by atoms with Crippen molar-refractivity contribution in [2.75, 3.05) is 24.6 Å². The second-order valence-electron chi connectivity index (χ2n) is 7.80. The summed E-state index contributed by atoms with van der Waals surface area (Å²) in [6.07, 6.45) is 1.86. The van der Waals surface area contributed by atoms with Crippen LogP contribution in [0.4, 0.5) is 5.82 Å². The number of hydrogen-bond donors (Lipinski definition) is 0. The van der Waals surface area contributed by atoms with E-state index in [0.29, 0.717) is 43.2 Å². The maximum absolute atomic E-state index is 12.8. The molecule has 2 aliphatic rings. The highest BCUT2D eigenvalue weighted by molar-refractivity contribution is 6.00. The molecule has 0 bridgehead atoms. The van der Waals surface area contributed by atoms with E-state index >= 15 is 0 Å². The van der Waals surface area contributed by atoms with Crippen LogP contribution in [-0.2, 0) is 4.74 Å². The monoisotopic (exact) mass is 395 g/mol. The van der Waals surface area contributed by atoms with Crippen molar-refractivity contribution in [3.63, 3.8) is 0 Å². The fourth-order valence-electron chi connectivity index (χ4n) is 3.98. The summed E-state index contributed by atoms with van der Waals surface area (Å²) in [5.74, 6) is 1.10. The number of aryl methyl sites for hydroxylation is 2. The summed E-state index contributed by atoms with van der Waals surface area (Å²) in [7, 11) is 0. The van der Waals surface area contributed by atoms with Gasteiger partial charge in [-0.25, -0.2) is 4.79 Å². The van der Waals surface area contributed by atoms with Crippen molar-refractivity contribution >= 4 is 17.6 Å². The van der Waals surface area contributed by atoms with Gasteiger partial charge in [-0.15, -0.1) is 10.2 Å². The average molecular weight is 395 g/mol. The molecule has 7 nitrogen and oxygen atoms in total. The number of piperidine rings is 1. The molecular formula is C22H25N3O4. The van der Waals surface area contributed by atoms with E-state index in [9.17, 15) is 9.59 Å². The zero-order valence-corrected chi connectivity index (χ0v) is 17.0. The number of rotatable bonds is 3. The first-order valence-corrected chi connectivity index (χ1v) is 10.00. The predicted octanol–water partition coefficient (Wildman–Crippen LogP) is 3.27. The molecule has 1 aromatic carbocycles. The fraction of sp³-hybridized carbons (Fsp3) is 0.455. The number of benzene rings is 1. The van der Waals surface area contributed by atoms with E-state index in [1.165, 1.54) is 0 Å². The minimum Gasteiger partial charge on any atom is -0.486 e. The van der Waals surface area contributed by atoms with Gasteiger partial charge in [0.25, 0.3) is 0 Å². The zero-order chi connectivity index (χ0) is 20.6. The number of nitrogens with zero attached hydrogens (tertiary/aromatic N) is 3. The zero-order valence-electron chi connectivity index (χ0n) is 17.0. The van der Waals surface area contributed by atoms with Crippen molar-refractivity contribution in [2.45, 2.75) is 45.6 Å². The van der Waals surface area contributed by atoms with Crippen LogP contribution in [0.5, 0.6) is 5.75 Å². The Morgan fingerprint density at radius 2 is 1.90 bits per heavy atom. The Morgan fingerprint density at radius 1 is 1.17 bits per heavy atom. The van der Waals surface area contributed by atoms with Gasteiger partial charge in [0.15, 0.2) is 17.3 Å². The molecular weight excluding hydrogens is 370 g/mol. The Kier molecular flexibility index (Phi) is 4.98. The van der Waals surface area contributed by atoms with Crippen molar-refractivity contribution in [1.82, 2.24) is 10.2 Å². The first kappa shape index (κ1) is 19.4. The molecule has 2 aromatic rings. The maximum Gasteiger partial charge on any atom is 0.358 e. The number of carbonyl (C=O) groups is 2. The molecule has 1 fully saturated rings. The fourth-order valence-corrected chi connectivity index (χ4v) is 3.98. The molecule has 152 valence electrons. The van der Waals surface area contributed by atoms with E-state index in [0.717, 1.165) is 24.0 Å².